The lowest BCUT2D eigenvalue weighted by Gasteiger charge is -2.16. The number of carbonyl (C=O) groups is 1. The first kappa shape index (κ1) is 26.3. The first-order valence-electron chi connectivity index (χ1n) is 11.9. The summed E-state index contributed by atoms with van der Waals surface area (Å²) in [5.41, 5.74) is 1.42. The Balaban J connectivity index is 1.67. The fourth-order valence-corrected chi connectivity index (χ4v) is 3.76. The molecule has 3 rings (SSSR count). The summed E-state index contributed by atoms with van der Waals surface area (Å²) in [6.45, 7) is 5.22. The average Bonchev–Trinajstić information content (AvgIpc) is 2.85. The molecule has 9 heteroatoms. The van der Waals surface area contributed by atoms with Gasteiger partial charge in [-0.15, -0.1) is 0 Å². The molecule has 0 saturated heterocycles. The maximum Gasteiger partial charge on any atom is 0.305 e. The van der Waals surface area contributed by atoms with E-state index >= 15 is 0 Å². The van der Waals surface area contributed by atoms with Crippen molar-refractivity contribution in [1.82, 2.24) is 9.97 Å². The lowest BCUT2D eigenvalue weighted by Crippen LogP contribution is -2.04. The Hall–Kier alpha value is -3.26. The molecule has 2 aromatic carbocycles. The normalized spacial score (nSPS) is 10.7. The summed E-state index contributed by atoms with van der Waals surface area (Å²) < 4.78 is 22.2. The topological polar surface area (TPSA) is 91.8 Å². The van der Waals surface area contributed by atoms with E-state index in [4.69, 9.17) is 30.5 Å². The zero-order valence-corrected chi connectivity index (χ0v) is 21.2. The average molecular weight is 502 g/mol. The number of anilines is 2. The Morgan fingerprint density at radius 3 is 2.54 bits per heavy atom. The minimum Gasteiger partial charge on any atom is -0.493 e. The van der Waals surface area contributed by atoms with Crippen LogP contribution in [0.1, 0.15) is 46.0 Å². The predicted octanol–water partition coefficient (Wildman–Crippen LogP) is 6.33. The molecule has 0 atom stereocenters. The van der Waals surface area contributed by atoms with E-state index in [1.165, 1.54) is 6.33 Å². The Labute approximate surface area is 210 Å². The van der Waals surface area contributed by atoms with Crippen molar-refractivity contribution >= 4 is 40.0 Å². The van der Waals surface area contributed by atoms with Crippen LogP contribution in [0.2, 0.25) is 5.02 Å². The second-order valence-corrected chi connectivity index (χ2v) is 8.20. The molecule has 0 aliphatic rings. The van der Waals surface area contributed by atoms with Crippen LogP contribution in [0, 0.1) is 0 Å². The van der Waals surface area contributed by atoms with Crippen LogP contribution < -0.4 is 19.5 Å². The van der Waals surface area contributed by atoms with E-state index in [2.05, 4.69) is 15.3 Å². The van der Waals surface area contributed by atoms with Crippen LogP contribution in [0.25, 0.3) is 10.9 Å². The zero-order valence-electron chi connectivity index (χ0n) is 20.4. The van der Waals surface area contributed by atoms with E-state index in [0.29, 0.717) is 60.0 Å². The number of unbranched alkanes of at least 4 members (excludes halogenated alkanes) is 3. The molecule has 0 bridgehead atoms. The number of ether oxygens (including phenoxy) is 4. The van der Waals surface area contributed by atoms with Gasteiger partial charge >= 0.3 is 5.97 Å². The number of benzene rings is 2. The van der Waals surface area contributed by atoms with Gasteiger partial charge < -0.3 is 24.3 Å². The number of halogens is 1. The maximum absolute atomic E-state index is 11.4. The lowest BCUT2D eigenvalue weighted by atomic mass is 10.1. The smallest absolute Gasteiger partial charge is 0.305 e. The maximum atomic E-state index is 11.4. The van der Waals surface area contributed by atoms with Crippen LogP contribution in [-0.2, 0) is 9.53 Å². The van der Waals surface area contributed by atoms with Crippen molar-refractivity contribution in [3.63, 3.8) is 0 Å². The van der Waals surface area contributed by atoms with Gasteiger partial charge in [0.15, 0.2) is 11.5 Å². The quantitative estimate of drug-likeness (QED) is 0.202. The summed E-state index contributed by atoms with van der Waals surface area (Å²) in [6.07, 6.45) is 5.57. The summed E-state index contributed by atoms with van der Waals surface area (Å²) in [5.74, 6) is 2.37. The first-order valence-corrected chi connectivity index (χ1v) is 12.2. The molecule has 1 aromatic heterocycles. The molecule has 188 valence electrons. The molecular formula is C26H32ClN3O5. The van der Waals surface area contributed by atoms with E-state index in [1.807, 2.05) is 32.0 Å². The molecule has 8 nitrogen and oxygen atoms in total. The van der Waals surface area contributed by atoms with Gasteiger partial charge in [-0.2, -0.15) is 0 Å². The number of fused-ring (bicyclic) bond motifs is 1. The van der Waals surface area contributed by atoms with Gasteiger partial charge in [-0.3, -0.25) is 4.79 Å². The first-order chi connectivity index (χ1) is 17.0. The molecule has 0 spiro atoms. The largest absolute Gasteiger partial charge is 0.493 e. The summed E-state index contributed by atoms with van der Waals surface area (Å²) in [4.78, 5) is 20.2. The minimum absolute atomic E-state index is 0.135. The van der Waals surface area contributed by atoms with Crippen LogP contribution in [0.4, 0.5) is 11.5 Å². The van der Waals surface area contributed by atoms with Gasteiger partial charge in [-0.05, 0) is 51.0 Å². The molecule has 0 fully saturated rings. The second-order valence-electron chi connectivity index (χ2n) is 7.76. The van der Waals surface area contributed by atoms with Gasteiger partial charge in [0.2, 0.25) is 0 Å². The third-order valence-corrected chi connectivity index (χ3v) is 5.49. The number of hydrogen-bond donors (Lipinski definition) is 1. The highest BCUT2D eigenvalue weighted by Gasteiger charge is 2.13. The van der Waals surface area contributed by atoms with Crippen molar-refractivity contribution in [2.24, 2.45) is 0 Å². The van der Waals surface area contributed by atoms with Crippen LogP contribution in [0.5, 0.6) is 17.2 Å². The molecule has 0 unspecified atom stereocenters. The summed E-state index contributed by atoms with van der Waals surface area (Å²) in [5, 5.41) is 4.70. The lowest BCUT2D eigenvalue weighted by molar-refractivity contribution is -0.143. The van der Waals surface area contributed by atoms with Crippen LogP contribution in [0.15, 0.2) is 36.7 Å². The van der Waals surface area contributed by atoms with Crippen molar-refractivity contribution in [3.05, 3.63) is 41.7 Å². The number of hydrogen-bond acceptors (Lipinski definition) is 8. The Morgan fingerprint density at radius 2 is 1.77 bits per heavy atom. The van der Waals surface area contributed by atoms with Crippen molar-refractivity contribution in [3.8, 4) is 17.2 Å². The van der Waals surface area contributed by atoms with E-state index in [-0.39, 0.29) is 5.97 Å². The molecule has 3 aromatic rings. The minimum atomic E-state index is -0.135. The van der Waals surface area contributed by atoms with Gasteiger partial charge in [0, 0.05) is 22.9 Å². The van der Waals surface area contributed by atoms with Gasteiger partial charge in [-0.25, -0.2) is 9.97 Å². The van der Waals surface area contributed by atoms with Crippen LogP contribution >= 0.6 is 11.6 Å². The second kappa shape index (κ2) is 13.6. The van der Waals surface area contributed by atoms with Gasteiger partial charge in [-0.1, -0.05) is 24.4 Å². The van der Waals surface area contributed by atoms with Gasteiger partial charge in [0.05, 0.1) is 38.1 Å². The van der Waals surface area contributed by atoms with Crippen molar-refractivity contribution < 1.29 is 23.7 Å². The fraction of sp³-hybridized carbons (Fsp3) is 0.423. The predicted molar refractivity (Wildman–Crippen MR) is 137 cm³/mol. The third-order valence-electron chi connectivity index (χ3n) is 5.25. The molecule has 1 heterocycles. The molecule has 0 radical (unpaired) electrons. The van der Waals surface area contributed by atoms with Gasteiger partial charge in [0.25, 0.3) is 0 Å². The number of esters is 1. The number of nitrogens with zero attached hydrogens (tertiary/aromatic N) is 2. The van der Waals surface area contributed by atoms with E-state index in [0.717, 1.165) is 36.6 Å². The Morgan fingerprint density at radius 1 is 0.943 bits per heavy atom. The molecule has 0 amide bonds. The fourth-order valence-electron chi connectivity index (χ4n) is 3.59. The van der Waals surface area contributed by atoms with E-state index < -0.39 is 0 Å². The molecule has 0 aliphatic carbocycles. The monoisotopic (exact) mass is 501 g/mol. The number of carbonyl (C=O) groups excluding carboxylic acids is 1. The highest BCUT2D eigenvalue weighted by Crippen LogP contribution is 2.36. The number of methoxy groups -OCH3 is 1. The molecule has 0 saturated carbocycles. The summed E-state index contributed by atoms with van der Waals surface area (Å²) in [7, 11) is 1.60. The van der Waals surface area contributed by atoms with Crippen LogP contribution in [0.3, 0.4) is 0 Å². The highest BCUT2D eigenvalue weighted by atomic mass is 35.5. The van der Waals surface area contributed by atoms with Crippen molar-refractivity contribution in [2.45, 2.75) is 46.0 Å². The summed E-state index contributed by atoms with van der Waals surface area (Å²) in [6, 6.07) is 9.12. The molecule has 0 aliphatic heterocycles. The number of rotatable bonds is 14. The Kier molecular flexibility index (Phi) is 10.2. The zero-order chi connectivity index (χ0) is 25.0. The molecule has 1 N–H and O–H groups in total. The van der Waals surface area contributed by atoms with Gasteiger partial charge in [0.1, 0.15) is 17.9 Å². The highest BCUT2D eigenvalue weighted by molar-refractivity contribution is 6.31. The van der Waals surface area contributed by atoms with E-state index in [1.54, 1.807) is 19.2 Å². The third kappa shape index (κ3) is 7.62. The number of aromatic nitrogens is 2. The van der Waals surface area contributed by atoms with E-state index in [9.17, 15) is 4.79 Å². The Bertz CT molecular complexity index is 1130. The molecule has 35 heavy (non-hydrogen) atoms. The van der Waals surface area contributed by atoms with Crippen molar-refractivity contribution in [2.75, 3.05) is 32.2 Å². The van der Waals surface area contributed by atoms with Crippen LogP contribution in [-0.4, -0.2) is 42.9 Å². The number of nitrogens with one attached hydrogen (secondary N) is 1. The molecular weight excluding hydrogens is 470 g/mol. The standard InChI is InChI=1S/C26H32ClN3O5/c1-4-33-24-15-19-20(16-23(24)32-3)28-17-29-26(19)30-21-14-18(27)11-12-22(21)35-13-9-7-6-8-10-25(31)34-5-2/h11-12,14-17H,4-10,13H2,1-3H3,(H,28,29,30). The summed E-state index contributed by atoms with van der Waals surface area (Å²) >= 11 is 6.27. The SMILES string of the molecule is CCOC(=O)CCCCCCOc1ccc(Cl)cc1Nc1ncnc2cc(OC)c(OCC)cc12. The van der Waals surface area contributed by atoms with Crippen molar-refractivity contribution in [1.29, 1.82) is 0 Å².